The summed E-state index contributed by atoms with van der Waals surface area (Å²) < 4.78 is 9.73. The fourth-order valence-corrected chi connectivity index (χ4v) is 2.65. The highest BCUT2D eigenvalue weighted by Gasteiger charge is 2.57. The van der Waals surface area contributed by atoms with Crippen molar-refractivity contribution in [3.8, 4) is 11.8 Å². The number of hydrogen-bond acceptors (Lipinski definition) is 4. The van der Waals surface area contributed by atoms with Crippen molar-refractivity contribution in [3.63, 3.8) is 0 Å². The molecule has 0 radical (unpaired) electrons. The van der Waals surface area contributed by atoms with Crippen LogP contribution in [0.5, 0.6) is 0 Å². The number of aliphatic hydroxyl groups is 1. The van der Waals surface area contributed by atoms with Crippen LogP contribution in [-0.4, -0.2) is 37.5 Å². The summed E-state index contributed by atoms with van der Waals surface area (Å²) >= 11 is 0. The van der Waals surface area contributed by atoms with Gasteiger partial charge < -0.3 is 14.6 Å². The van der Waals surface area contributed by atoms with Gasteiger partial charge in [0.15, 0.2) is 0 Å². The standard InChI is InChI=1S/C14H22O4/c1-11-7-5-8-14(16,9-6-10-17-3)13(11,2)12(15)18-4/h11,16H,5,7-8,10H2,1-4H3/t11-,13+,14?/m1/s1. The molecule has 0 bridgehead atoms. The SMILES string of the molecule is COCC#CC1(O)CCC[C@@H](C)[C@@]1(C)C(=O)OC. The number of ether oxygens (including phenoxy) is 2. The molecule has 0 amide bonds. The van der Waals surface area contributed by atoms with Crippen LogP contribution in [0.25, 0.3) is 0 Å². The lowest BCUT2D eigenvalue weighted by atomic mass is 9.59. The summed E-state index contributed by atoms with van der Waals surface area (Å²) in [7, 11) is 2.89. The average Bonchev–Trinajstić information content (AvgIpc) is 2.35. The van der Waals surface area contributed by atoms with Crippen LogP contribution in [0.2, 0.25) is 0 Å². The van der Waals surface area contributed by atoms with Gasteiger partial charge in [0.25, 0.3) is 0 Å². The van der Waals surface area contributed by atoms with Crippen molar-refractivity contribution in [1.29, 1.82) is 0 Å². The van der Waals surface area contributed by atoms with Gasteiger partial charge in [-0.1, -0.05) is 18.8 Å². The van der Waals surface area contributed by atoms with E-state index in [1.807, 2.05) is 6.92 Å². The lowest BCUT2D eigenvalue weighted by Crippen LogP contribution is -2.57. The molecule has 102 valence electrons. The zero-order chi connectivity index (χ0) is 13.8. The van der Waals surface area contributed by atoms with E-state index in [2.05, 4.69) is 11.8 Å². The third-order valence-electron chi connectivity index (χ3n) is 4.14. The van der Waals surface area contributed by atoms with Crippen LogP contribution in [0.15, 0.2) is 0 Å². The summed E-state index contributed by atoms with van der Waals surface area (Å²) in [6, 6.07) is 0. The van der Waals surface area contributed by atoms with Crippen LogP contribution >= 0.6 is 0 Å². The molecule has 3 atom stereocenters. The van der Waals surface area contributed by atoms with Crippen LogP contribution in [-0.2, 0) is 14.3 Å². The number of hydrogen-bond donors (Lipinski definition) is 1. The van der Waals surface area contributed by atoms with Crippen molar-refractivity contribution >= 4 is 5.97 Å². The van der Waals surface area contributed by atoms with E-state index < -0.39 is 17.0 Å². The molecule has 18 heavy (non-hydrogen) atoms. The maximum absolute atomic E-state index is 12.1. The largest absolute Gasteiger partial charge is 0.468 e. The van der Waals surface area contributed by atoms with Gasteiger partial charge in [0.05, 0.1) is 7.11 Å². The van der Waals surface area contributed by atoms with Crippen molar-refractivity contribution in [2.75, 3.05) is 20.8 Å². The predicted octanol–water partition coefficient (Wildman–Crippen LogP) is 1.37. The Morgan fingerprint density at radius 3 is 2.72 bits per heavy atom. The van der Waals surface area contributed by atoms with Crippen molar-refractivity contribution in [2.24, 2.45) is 11.3 Å². The van der Waals surface area contributed by atoms with Crippen molar-refractivity contribution in [1.82, 2.24) is 0 Å². The zero-order valence-corrected chi connectivity index (χ0v) is 11.6. The molecule has 1 aliphatic rings. The molecule has 0 aromatic carbocycles. The molecule has 4 heteroatoms. The molecular formula is C14H22O4. The Bertz CT molecular complexity index is 368. The van der Waals surface area contributed by atoms with Crippen LogP contribution < -0.4 is 0 Å². The minimum Gasteiger partial charge on any atom is -0.468 e. The molecule has 0 spiro atoms. The van der Waals surface area contributed by atoms with Gasteiger partial charge in [-0.25, -0.2) is 0 Å². The molecule has 1 rings (SSSR count). The summed E-state index contributed by atoms with van der Waals surface area (Å²) in [4.78, 5) is 12.1. The van der Waals surface area contributed by atoms with E-state index in [-0.39, 0.29) is 12.5 Å². The van der Waals surface area contributed by atoms with Crippen molar-refractivity contribution < 1.29 is 19.4 Å². The second kappa shape index (κ2) is 5.73. The minimum absolute atomic E-state index is 0.0283. The maximum Gasteiger partial charge on any atom is 0.315 e. The predicted molar refractivity (Wildman–Crippen MR) is 67.7 cm³/mol. The Morgan fingerprint density at radius 1 is 1.50 bits per heavy atom. The molecule has 1 fully saturated rings. The Morgan fingerprint density at radius 2 is 2.17 bits per heavy atom. The van der Waals surface area contributed by atoms with Crippen LogP contribution in [0, 0.1) is 23.2 Å². The highest BCUT2D eigenvalue weighted by atomic mass is 16.5. The van der Waals surface area contributed by atoms with Gasteiger partial charge in [-0.3, -0.25) is 4.79 Å². The second-order valence-corrected chi connectivity index (χ2v) is 5.08. The van der Waals surface area contributed by atoms with Gasteiger partial charge >= 0.3 is 5.97 Å². The van der Waals surface area contributed by atoms with Gasteiger partial charge in [-0.15, -0.1) is 0 Å². The summed E-state index contributed by atoms with van der Waals surface area (Å²) in [5.41, 5.74) is -2.32. The maximum atomic E-state index is 12.1. The van der Waals surface area contributed by atoms with E-state index in [1.54, 1.807) is 14.0 Å². The quantitative estimate of drug-likeness (QED) is 0.597. The third kappa shape index (κ3) is 2.38. The highest BCUT2D eigenvalue weighted by molar-refractivity contribution is 5.79. The smallest absolute Gasteiger partial charge is 0.315 e. The highest BCUT2D eigenvalue weighted by Crippen LogP contribution is 2.48. The molecule has 0 saturated heterocycles. The van der Waals surface area contributed by atoms with E-state index in [1.165, 1.54) is 7.11 Å². The van der Waals surface area contributed by atoms with E-state index in [0.717, 1.165) is 12.8 Å². The number of carbonyl (C=O) groups is 1. The summed E-state index contributed by atoms with van der Waals surface area (Å²) in [5, 5.41) is 10.8. The van der Waals surface area contributed by atoms with Gasteiger partial charge in [0, 0.05) is 7.11 Å². The molecular weight excluding hydrogens is 232 g/mol. The molecule has 0 aromatic rings. The van der Waals surface area contributed by atoms with Crippen LogP contribution in [0.1, 0.15) is 33.1 Å². The van der Waals surface area contributed by atoms with E-state index >= 15 is 0 Å². The molecule has 1 aliphatic carbocycles. The first-order chi connectivity index (χ1) is 8.42. The normalized spacial score (nSPS) is 35.5. The minimum atomic E-state index is -1.34. The van der Waals surface area contributed by atoms with Crippen LogP contribution in [0.4, 0.5) is 0 Å². The van der Waals surface area contributed by atoms with E-state index in [9.17, 15) is 9.90 Å². The molecule has 0 aromatic heterocycles. The summed E-state index contributed by atoms with van der Waals surface area (Å²) in [6.07, 6.45) is 2.23. The van der Waals surface area contributed by atoms with E-state index in [0.29, 0.717) is 6.42 Å². The molecule has 4 nitrogen and oxygen atoms in total. The van der Waals surface area contributed by atoms with Crippen molar-refractivity contribution in [2.45, 2.75) is 38.7 Å². The van der Waals surface area contributed by atoms with Gasteiger partial charge in [0.1, 0.15) is 17.6 Å². The zero-order valence-electron chi connectivity index (χ0n) is 11.6. The van der Waals surface area contributed by atoms with Crippen molar-refractivity contribution in [3.05, 3.63) is 0 Å². The van der Waals surface area contributed by atoms with Gasteiger partial charge in [0.2, 0.25) is 0 Å². The molecule has 0 aliphatic heterocycles. The molecule has 1 saturated carbocycles. The molecule has 1 N–H and O–H groups in total. The topological polar surface area (TPSA) is 55.8 Å². The fraction of sp³-hybridized carbons (Fsp3) is 0.786. The average molecular weight is 254 g/mol. The first-order valence-electron chi connectivity index (χ1n) is 6.22. The second-order valence-electron chi connectivity index (χ2n) is 5.08. The van der Waals surface area contributed by atoms with Crippen LogP contribution in [0.3, 0.4) is 0 Å². The number of esters is 1. The Labute approximate surface area is 109 Å². The monoisotopic (exact) mass is 254 g/mol. The van der Waals surface area contributed by atoms with Gasteiger partial charge in [-0.05, 0) is 32.1 Å². The van der Waals surface area contributed by atoms with E-state index in [4.69, 9.17) is 9.47 Å². The molecule has 1 unspecified atom stereocenters. The Kier molecular flexibility index (Phi) is 4.78. The fourth-order valence-electron chi connectivity index (χ4n) is 2.65. The third-order valence-corrected chi connectivity index (χ3v) is 4.14. The first kappa shape index (κ1) is 15.0. The Balaban J connectivity index is 3.13. The first-order valence-corrected chi connectivity index (χ1v) is 6.22. The number of carbonyl (C=O) groups excluding carboxylic acids is 1. The van der Waals surface area contributed by atoms with Gasteiger partial charge in [-0.2, -0.15) is 0 Å². The Hall–Kier alpha value is -1.05. The number of methoxy groups -OCH3 is 2. The lowest BCUT2D eigenvalue weighted by molar-refractivity contribution is -0.176. The summed E-state index contributed by atoms with van der Waals surface area (Å²) in [6.45, 7) is 3.94. The lowest BCUT2D eigenvalue weighted by Gasteiger charge is -2.47. The summed E-state index contributed by atoms with van der Waals surface area (Å²) in [5.74, 6) is 5.21. The molecule has 0 heterocycles. The number of rotatable bonds is 2.